The number of aryl methyl sites for hydroxylation is 1. The molecule has 92 valence electrons. The summed E-state index contributed by atoms with van der Waals surface area (Å²) < 4.78 is 0. The number of carbonyl (C=O) groups excluding carboxylic acids is 1. The lowest BCUT2D eigenvalue weighted by molar-refractivity contribution is 0.102. The van der Waals surface area contributed by atoms with Gasteiger partial charge in [-0.25, -0.2) is 0 Å². The SMILES string of the molecule is Cc1ccccc1NC(=O)c1cc(NN)ccn1. The molecule has 1 amide bonds. The van der Waals surface area contributed by atoms with E-state index in [0.717, 1.165) is 11.3 Å². The summed E-state index contributed by atoms with van der Waals surface area (Å²) in [5.74, 6) is 5.02. The summed E-state index contributed by atoms with van der Waals surface area (Å²) in [5.41, 5.74) is 5.20. The van der Waals surface area contributed by atoms with Crippen LogP contribution in [0.1, 0.15) is 16.1 Å². The van der Waals surface area contributed by atoms with Crippen molar-refractivity contribution in [2.45, 2.75) is 6.92 Å². The van der Waals surface area contributed by atoms with Crippen molar-refractivity contribution in [1.82, 2.24) is 4.98 Å². The number of aromatic nitrogens is 1. The quantitative estimate of drug-likeness (QED) is 0.567. The van der Waals surface area contributed by atoms with E-state index in [0.29, 0.717) is 11.4 Å². The molecule has 1 aromatic heterocycles. The molecule has 2 aromatic rings. The maximum Gasteiger partial charge on any atom is 0.274 e. The third-order valence-electron chi connectivity index (χ3n) is 2.55. The summed E-state index contributed by atoms with van der Waals surface area (Å²) in [6.07, 6.45) is 1.53. The lowest BCUT2D eigenvalue weighted by atomic mass is 10.2. The highest BCUT2D eigenvalue weighted by atomic mass is 16.1. The first-order chi connectivity index (χ1) is 8.70. The van der Waals surface area contributed by atoms with Gasteiger partial charge in [-0.05, 0) is 30.7 Å². The van der Waals surface area contributed by atoms with Gasteiger partial charge in [0.05, 0.1) is 5.69 Å². The molecule has 5 heteroatoms. The number of carbonyl (C=O) groups is 1. The van der Waals surface area contributed by atoms with Crippen molar-refractivity contribution in [2.24, 2.45) is 5.84 Å². The Morgan fingerprint density at radius 1 is 1.28 bits per heavy atom. The number of amides is 1. The third-order valence-corrected chi connectivity index (χ3v) is 2.55. The van der Waals surface area contributed by atoms with Crippen LogP contribution >= 0.6 is 0 Å². The average Bonchev–Trinajstić information content (AvgIpc) is 2.41. The van der Waals surface area contributed by atoms with Crippen molar-refractivity contribution in [3.63, 3.8) is 0 Å². The molecule has 0 fully saturated rings. The molecule has 0 saturated heterocycles. The summed E-state index contributed by atoms with van der Waals surface area (Å²) >= 11 is 0. The van der Waals surface area contributed by atoms with Gasteiger partial charge in [0.15, 0.2) is 0 Å². The normalized spacial score (nSPS) is 9.89. The fraction of sp³-hybridized carbons (Fsp3) is 0.0769. The minimum atomic E-state index is -0.263. The number of para-hydroxylation sites is 1. The fourth-order valence-electron chi connectivity index (χ4n) is 1.54. The van der Waals surface area contributed by atoms with Crippen molar-refractivity contribution in [2.75, 3.05) is 10.7 Å². The van der Waals surface area contributed by atoms with Gasteiger partial charge >= 0.3 is 0 Å². The van der Waals surface area contributed by atoms with Crippen LogP contribution in [-0.4, -0.2) is 10.9 Å². The number of hydrogen-bond donors (Lipinski definition) is 3. The number of pyridine rings is 1. The standard InChI is InChI=1S/C13H14N4O/c1-9-4-2-3-5-11(9)16-13(18)12-8-10(17-14)6-7-15-12/h2-8H,14H2,1H3,(H,15,17)(H,16,18). The topological polar surface area (TPSA) is 80.0 Å². The molecule has 0 spiro atoms. The van der Waals surface area contributed by atoms with Crippen molar-refractivity contribution >= 4 is 17.3 Å². The average molecular weight is 242 g/mol. The van der Waals surface area contributed by atoms with E-state index < -0.39 is 0 Å². The maximum atomic E-state index is 12.0. The summed E-state index contributed by atoms with van der Waals surface area (Å²) in [6, 6.07) is 10.8. The van der Waals surface area contributed by atoms with Gasteiger partial charge in [0, 0.05) is 11.9 Å². The van der Waals surface area contributed by atoms with Crippen LogP contribution in [0.5, 0.6) is 0 Å². The Labute approximate surface area is 105 Å². The van der Waals surface area contributed by atoms with Crippen molar-refractivity contribution in [1.29, 1.82) is 0 Å². The number of hydrogen-bond acceptors (Lipinski definition) is 4. The van der Waals surface area contributed by atoms with E-state index in [4.69, 9.17) is 5.84 Å². The van der Waals surface area contributed by atoms with Crippen LogP contribution in [0, 0.1) is 6.92 Å². The maximum absolute atomic E-state index is 12.0. The second-order valence-electron chi connectivity index (χ2n) is 3.84. The molecule has 18 heavy (non-hydrogen) atoms. The summed E-state index contributed by atoms with van der Waals surface area (Å²) in [4.78, 5) is 16.0. The monoisotopic (exact) mass is 242 g/mol. The van der Waals surface area contributed by atoms with E-state index in [-0.39, 0.29) is 5.91 Å². The first kappa shape index (κ1) is 12.1. The van der Waals surface area contributed by atoms with E-state index in [1.165, 1.54) is 6.20 Å². The first-order valence-corrected chi connectivity index (χ1v) is 5.50. The molecule has 0 atom stereocenters. The van der Waals surface area contributed by atoms with Crippen LogP contribution in [0.15, 0.2) is 42.6 Å². The Morgan fingerprint density at radius 3 is 2.78 bits per heavy atom. The summed E-state index contributed by atoms with van der Waals surface area (Å²) in [6.45, 7) is 1.93. The van der Waals surface area contributed by atoms with Crippen LogP contribution in [0.25, 0.3) is 0 Å². The Bertz CT molecular complexity index is 568. The van der Waals surface area contributed by atoms with Crippen LogP contribution in [0.2, 0.25) is 0 Å². The van der Waals surface area contributed by atoms with Gasteiger partial charge in [-0.15, -0.1) is 0 Å². The Kier molecular flexibility index (Phi) is 3.54. The van der Waals surface area contributed by atoms with Crippen molar-refractivity contribution < 1.29 is 4.79 Å². The van der Waals surface area contributed by atoms with Gasteiger partial charge in [0.2, 0.25) is 0 Å². The van der Waals surface area contributed by atoms with E-state index in [2.05, 4.69) is 15.7 Å². The molecular weight excluding hydrogens is 228 g/mol. The number of benzene rings is 1. The predicted molar refractivity (Wildman–Crippen MR) is 71.2 cm³/mol. The molecule has 1 aromatic carbocycles. The zero-order valence-corrected chi connectivity index (χ0v) is 9.97. The molecule has 0 radical (unpaired) electrons. The zero-order chi connectivity index (χ0) is 13.0. The lowest BCUT2D eigenvalue weighted by Crippen LogP contribution is -2.15. The van der Waals surface area contributed by atoms with E-state index in [1.807, 2.05) is 31.2 Å². The molecule has 0 aliphatic rings. The van der Waals surface area contributed by atoms with Gasteiger partial charge in [-0.1, -0.05) is 18.2 Å². The fourth-order valence-corrected chi connectivity index (χ4v) is 1.54. The van der Waals surface area contributed by atoms with Crippen molar-refractivity contribution in [3.8, 4) is 0 Å². The van der Waals surface area contributed by atoms with E-state index in [1.54, 1.807) is 12.1 Å². The Balaban J connectivity index is 2.19. The zero-order valence-electron chi connectivity index (χ0n) is 9.97. The summed E-state index contributed by atoms with van der Waals surface area (Å²) in [5, 5.41) is 2.81. The van der Waals surface area contributed by atoms with E-state index in [9.17, 15) is 4.79 Å². The molecule has 1 heterocycles. The molecule has 2 rings (SSSR count). The van der Waals surface area contributed by atoms with Gasteiger partial charge in [-0.2, -0.15) is 0 Å². The van der Waals surface area contributed by atoms with Gasteiger partial charge < -0.3 is 10.7 Å². The molecule has 0 saturated carbocycles. The van der Waals surface area contributed by atoms with Crippen LogP contribution < -0.4 is 16.6 Å². The van der Waals surface area contributed by atoms with Gasteiger partial charge in [-0.3, -0.25) is 15.6 Å². The summed E-state index contributed by atoms with van der Waals surface area (Å²) in [7, 11) is 0. The smallest absolute Gasteiger partial charge is 0.274 e. The minimum absolute atomic E-state index is 0.263. The van der Waals surface area contributed by atoms with Crippen LogP contribution in [-0.2, 0) is 0 Å². The number of nitrogens with zero attached hydrogens (tertiary/aromatic N) is 1. The number of nitrogens with one attached hydrogen (secondary N) is 2. The van der Waals surface area contributed by atoms with E-state index >= 15 is 0 Å². The number of nitrogens with two attached hydrogens (primary N) is 1. The molecule has 5 nitrogen and oxygen atoms in total. The highest BCUT2D eigenvalue weighted by Gasteiger charge is 2.09. The molecule has 0 bridgehead atoms. The molecule has 0 unspecified atom stereocenters. The second-order valence-corrected chi connectivity index (χ2v) is 3.84. The largest absolute Gasteiger partial charge is 0.324 e. The lowest BCUT2D eigenvalue weighted by Gasteiger charge is -2.08. The molecule has 0 aliphatic heterocycles. The highest BCUT2D eigenvalue weighted by molar-refractivity contribution is 6.03. The molecule has 0 aliphatic carbocycles. The highest BCUT2D eigenvalue weighted by Crippen LogP contribution is 2.15. The predicted octanol–water partition coefficient (Wildman–Crippen LogP) is 1.93. The number of nitrogen functional groups attached to an aromatic ring is 1. The Hall–Kier alpha value is -2.40. The molecule has 4 N–H and O–H groups in total. The number of anilines is 2. The van der Waals surface area contributed by atoms with Crippen LogP contribution in [0.3, 0.4) is 0 Å². The molecular formula is C13H14N4O. The van der Waals surface area contributed by atoms with Crippen molar-refractivity contribution in [3.05, 3.63) is 53.9 Å². The van der Waals surface area contributed by atoms with Gasteiger partial charge in [0.25, 0.3) is 5.91 Å². The second kappa shape index (κ2) is 5.29. The first-order valence-electron chi connectivity index (χ1n) is 5.50. The number of rotatable bonds is 3. The third kappa shape index (κ3) is 2.64. The Morgan fingerprint density at radius 2 is 2.06 bits per heavy atom. The number of hydrazine groups is 1. The minimum Gasteiger partial charge on any atom is -0.324 e. The van der Waals surface area contributed by atoms with Gasteiger partial charge in [0.1, 0.15) is 5.69 Å². The van der Waals surface area contributed by atoms with Crippen LogP contribution in [0.4, 0.5) is 11.4 Å².